The van der Waals surface area contributed by atoms with Crippen LogP contribution in [0.25, 0.3) is 11.4 Å². The van der Waals surface area contributed by atoms with Crippen molar-refractivity contribution in [1.82, 2.24) is 14.8 Å². The summed E-state index contributed by atoms with van der Waals surface area (Å²) >= 11 is 0. The van der Waals surface area contributed by atoms with Crippen LogP contribution in [-0.2, 0) is 9.53 Å². The molecule has 4 rings (SSSR count). The number of hydrogen-bond acceptors (Lipinski definition) is 6. The summed E-state index contributed by atoms with van der Waals surface area (Å²) in [6.07, 6.45) is 0. The number of esters is 1. The van der Waals surface area contributed by atoms with Crippen LogP contribution in [0.3, 0.4) is 0 Å². The van der Waals surface area contributed by atoms with E-state index in [2.05, 4.69) is 5.32 Å². The first-order valence-corrected chi connectivity index (χ1v) is 9.84. The molecule has 154 valence electrons. The lowest BCUT2D eigenvalue weighted by atomic mass is 9.96. The van der Waals surface area contributed by atoms with Crippen LogP contribution < -0.4 is 10.1 Å². The van der Waals surface area contributed by atoms with Gasteiger partial charge in [-0.3, -0.25) is 0 Å². The van der Waals surface area contributed by atoms with Crippen LogP contribution in [0.4, 0.5) is 5.95 Å². The molecule has 3 aromatic rings. The number of hydrogen-bond donors (Lipinski definition) is 1. The topological polar surface area (TPSA) is 78.3 Å². The van der Waals surface area contributed by atoms with E-state index in [1.54, 1.807) is 18.7 Å². The first-order valence-electron chi connectivity index (χ1n) is 9.84. The predicted molar refractivity (Wildman–Crippen MR) is 114 cm³/mol. The largest absolute Gasteiger partial charge is 0.497 e. The Hall–Kier alpha value is -3.61. The molecule has 0 saturated heterocycles. The maximum Gasteiger partial charge on any atom is 0.338 e. The van der Waals surface area contributed by atoms with E-state index in [-0.39, 0.29) is 5.97 Å². The third-order valence-corrected chi connectivity index (χ3v) is 5.06. The average Bonchev–Trinajstić information content (AvgIpc) is 3.16. The molecule has 1 aliphatic heterocycles. The Bertz CT molecular complexity index is 1120. The van der Waals surface area contributed by atoms with Gasteiger partial charge in [0.25, 0.3) is 0 Å². The molecule has 1 aliphatic rings. The number of fused-ring (bicyclic) bond motifs is 1. The zero-order valence-electron chi connectivity index (χ0n) is 17.5. The first-order chi connectivity index (χ1) is 14.5. The Labute approximate surface area is 175 Å². The number of nitrogens with one attached hydrogen (secondary N) is 1. The third kappa shape index (κ3) is 3.54. The Morgan fingerprint density at radius 2 is 1.93 bits per heavy atom. The molecule has 0 saturated carbocycles. The SMILES string of the molecule is CCOC(=O)C1=C(C)Nc2nc(-c3cccc(C)c3)nn2C1c1ccc(OC)cc1. The number of carbonyl (C=O) groups excluding carboxylic acids is 1. The van der Waals surface area contributed by atoms with Crippen molar-refractivity contribution in [3.63, 3.8) is 0 Å². The van der Waals surface area contributed by atoms with Gasteiger partial charge in [0.2, 0.25) is 5.95 Å². The van der Waals surface area contributed by atoms with E-state index in [9.17, 15) is 4.79 Å². The van der Waals surface area contributed by atoms with Crippen LogP contribution in [0.1, 0.15) is 31.0 Å². The Morgan fingerprint density at radius 3 is 2.60 bits per heavy atom. The first kappa shape index (κ1) is 19.7. The number of nitrogens with zero attached hydrogens (tertiary/aromatic N) is 3. The minimum absolute atomic E-state index is 0.295. The van der Waals surface area contributed by atoms with Crippen molar-refractivity contribution in [2.45, 2.75) is 26.8 Å². The number of aromatic nitrogens is 3. The van der Waals surface area contributed by atoms with Gasteiger partial charge < -0.3 is 14.8 Å². The van der Waals surface area contributed by atoms with Crippen LogP contribution in [-0.4, -0.2) is 34.5 Å². The van der Waals surface area contributed by atoms with Gasteiger partial charge in [0.1, 0.15) is 11.8 Å². The fraction of sp³-hybridized carbons (Fsp3) is 0.261. The molecule has 0 radical (unpaired) electrons. The molecule has 0 fully saturated rings. The molecule has 1 atom stereocenters. The van der Waals surface area contributed by atoms with Crippen LogP contribution in [0.5, 0.6) is 5.75 Å². The van der Waals surface area contributed by atoms with E-state index >= 15 is 0 Å². The summed E-state index contributed by atoms with van der Waals surface area (Å²) in [5, 5.41) is 7.98. The van der Waals surface area contributed by atoms with Crippen molar-refractivity contribution in [2.24, 2.45) is 0 Å². The molecule has 1 aromatic heterocycles. The highest BCUT2D eigenvalue weighted by atomic mass is 16.5. The number of methoxy groups -OCH3 is 1. The van der Waals surface area contributed by atoms with Gasteiger partial charge in [-0.15, -0.1) is 5.10 Å². The number of ether oxygens (including phenoxy) is 2. The van der Waals surface area contributed by atoms with Crippen LogP contribution in [0.2, 0.25) is 0 Å². The summed E-state index contributed by atoms with van der Waals surface area (Å²) in [6, 6.07) is 15.2. The molecule has 0 aliphatic carbocycles. The van der Waals surface area contributed by atoms with E-state index in [1.165, 1.54) is 0 Å². The number of allylic oxidation sites excluding steroid dienone is 1. The average molecular weight is 404 g/mol. The molecule has 30 heavy (non-hydrogen) atoms. The predicted octanol–water partition coefficient (Wildman–Crippen LogP) is 4.11. The highest BCUT2D eigenvalue weighted by molar-refractivity contribution is 5.92. The fourth-order valence-corrected chi connectivity index (χ4v) is 3.63. The van der Waals surface area contributed by atoms with Crippen molar-refractivity contribution in [3.8, 4) is 17.1 Å². The molecular weight excluding hydrogens is 380 g/mol. The summed E-state index contributed by atoms with van der Waals surface area (Å²) in [7, 11) is 1.62. The maximum atomic E-state index is 12.8. The summed E-state index contributed by atoms with van der Waals surface area (Å²) in [5.41, 5.74) is 4.14. The monoisotopic (exact) mass is 404 g/mol. The van der Waals surface area contributed by atoms with Crippen molar-refractivity contribution in [1.29, 1.82) is 0 Å². The number of benzene rings is 2. The van der Waals surface area contributed by atoms with Crippen molar-refractivity contribution in [3.05, 3.63) is 70.9 Å². The second-order valence-corrected chi connectivity index (χ2v) is 7.13. The summed E-state index contributed by atoms with van der Waals surface area (Å²) in [5.74, 6) is 1.54. The number of carbonyl (C=O) groups is 1. The smallest absolute Gasteiger partial charge is 0.338 e. The van der Waals surface area contributed by atoms with E-state index in [0.717, 1.165) is 22.4 Å². The van der Waals surface area contributed by atoms with Gasteiger partial charge in [-0.2, -0.15) is 4.98 Å². The molecule has 0 spiro atoms. The third-order valence-electron chi connectivity index (χ3n) is 5.06. The summed E-state index contributed by atoms with van der Waals surface area (Å²) in [4.78, 5) is 17.5. The number of anilines is 1. The van der Waals surface area contributed by atoms with Gasteiger partial charge in [0.05, 0.1) is 19.3 Å². The molecule has 1 unspecified atom stereocenters. The minimum atomic E-state index is -0.461. The molecule has 0 bridgehead atoms. The molecule has 7 nitrogen and oxygen atoms in total. The fourth-order valence-electron chi connectivity index (χ4n) is 3.63. The minimum Gasteiger partial charge on any atom is -0.497 e. The summed E-state index contributed by atoms with van der Waals surface area (Å²) < 4.78 is 12.4. The number of aryl methyl sites for hydroxylation is 1. The van der Waals surface area contributed by atoms with E-state index in [4.69, 9.17) is 19.6 Å². The second-order valence-electron chi connectivity index (χ2n) is 7.13. The molecule has 2 aromatic carbocycles. The van der Waals surface area contributed by atoms with Crippen LogP contribution in [0, 0.1) is 6.92 Å². The lowest BCUT2D eigenvalue weighted by Crippen LogP contribution is -2.29. The van der Waals surface area contributed by atoms with Gasteiger partial charge in [-0.05, 0) is 44.5 Å². The van der Waals surface area contributed by atoms with E-state index in [1.807, 2.05) is 62.4 Å². The van der Waals surface area contributed by atoms with Gasteiger partial charge >= 0.3 is 5.97 Å². The van der Waals surface area contributed by atoms with E-state index < -0.39 is 6.04 Å². The zero-order chi connectivity index (χ0) is 21.3. The lowest BCUT2D eigenvalue weighted by Gasteiger charge is -2.28. The van der Waals surface area contributed by atoms with Crippen LogP contribution >= 0.6 is 0 Å². The Kier molecular flexibility index (Phi) is 5.27. The van der Waals surface area contributed by atoms with Crippen molar-refractivity contribution < 1.29 is 14.3 Å². The van der Waals surface area contributed by atoms with E-state index in [0.29, 0.717) is 29.6 Å². The Morgan fingerprint density at radius 1 is 1.17 bits per heavy atom. The summed E-state index contributed by atoms with van der Waals surface area (Å²) in [6.45, 7) is 5.97. The molecule has 0 amide bonds. The molecular formula is C23H24N4O3. The second kappa shape index (κ2) is 8.02. The highest BCUT2D eigenvalue weighted by Crippen LogP contribution is 2.37. The maximum absolute atomic E-state index is 12.8. The molecule has 2 heterocycles. The zero-order valence-corrected chi connectivity index (χ0v) is 17.5. The number of rotatable bonds is 5. The van der Waals surface area contributed by atoms with Gasteiger partial charge in [-0.1, -0.05) is 35.9 Å². The lowest BCUT2D eigenvalue weighted by molar-refractivity contribution is -0.139. The van der Waals surface area contributed by atoms with Crippen molar-refractivity contribution in [2.75, 3.05) is 19.0 Å². The highest BCUT2D eigenvalue weighted by Gasteiger charge is 2.35. The van der Waals surface area contributed by atoms with Gasteiger partial charge in [0.15, 0.2) is 5.82 Å². The standard InChI is InChI=1S/C23H24N4O3/c1-5-30-22(28)19-15(3)24-23-25-21(17-8-6-7-14(2)13-17)26-27(23)20(19)16-9-11-18(29-4)12-10-16/h6-13,20H,5H2,1-4H3,(H,24,25,26). The molecule has 7 heteroatoms. The quantitative estimate of drug-likeness (QED) is 0.645. The normalized spacial score (nSPS) is 15.4. The van der Waals surface area contributed by atoms with Crippen LogP contribution in [0.15, 0.2) is 59.8 Å². The molecule has 1 N–H and O–H groups in total. The van der Waals surface area contributed by atoms with Gasteiger partial charge in [-0.25, -0.2) is 9.48 Å². The Balaban J connectivity index is 1.85. The van der Waals surface area contributed by atoms with Crippen molar-refractivity contribution >= 4 is 11.9 Å². The van der Waals surface area contributed by atoms with Gasteiger partial charge in [0, 0.05) is 11.3 Å².